The third-order valence-corrected chi connectivity index (χ3v) is 5.18. The standard InChI is InChI=1S/C18H28O5S.Na/c1-2-3-4-5-6-7-8-9-10-13-16(19)15-12-11-14-17(18(15)20)24(21,22)23;/h11-12,14,17H,2-10,13H2,1H3,(H,21,22,23);/q;+1/p-1. The predicted molar refractivity (Wildman–Crippen MR) is 92.6 cm³/mol. The molecular formula is C18H27NaO5S. The molecular weight excluding hydrogens is 351 g/mol. The number of carbonyl (C=O) groups excluding carboxylic acids is 2. The molecule has 7 heteroatoms. The molecule has 0 spiro atoms. The molecule has 136 valence electrons. The number of ketones is 2. The summed E-state index contributed by atoms with van der Waals surface area (Å²) in [4.78, 5) is 24.0. The van der Waals surface area contributed by atoms with Crippen LogP contribution in [0.3, 0.4) is 0 Å². The number of rotatable bonds is 12. The summed E-state index contributed by atoms with van der Waals surface area (Å²) in [6.45, 7) is 2.19. The molecule has 0 aromatic rings. The fourth-order valence-electron chi connectivity index (χ4n) is 2.76. The molecule has 5 nitrogen and oxygen atoms in total. The van der Waals surface area contributed by atoms with Crippen molar-refractivity contribution in [3.8, 4) is 0 Å². The van der Waals surface area contributed by atoms with Gasteiger partial charge in [0.1, 0.15) is 15.4 Å². The van der Waals surface area contributed by atoms with Crippen molar-refractivity contribution < 1.29 is 52.1 Å². The summed E-state index contributed by atoms with van der Waals surface area (Å²) < 4.78 is 33.1. The minimum atomic E-state index is -4.76. The van der Waals surface area contributed by atoms with E-state index in [4.69, 9.17) is 0 Å². The SMILES string of the molecule is CCCCCCCCCCCC(=O)C1=CC=CC(S(=O)(=O)[O-])C1=O.[Na+]. The van der Waals surface area contributed by atoms with Crippen LogP contribution < -0.4 is 29.6 Å². The van der Waals surface area contributed by atoms with Crippen LogP contribution in [0.15, 0.2) is 23.8 Å². The van der Waals surface area contributed by atoms with Crippen LogP contribution >= 0.6 is 0 Å². The summed E-state index contributed by atoms with van der Waals surface area (Å²) >= 11 is 0. The monoisotopic (exact) mass is 378 g/mol. The van der Waals surface area contributed by atoms with E-state index in [1.807, 2.05) is 0 Å². The molecule has 25 heavy (non-hydrogen) atoms. The third kappa shape index (κ3) is 9.29. The van der Waals surface area contributed by atoms with E-state index < -0.39 is 21.2 Å². The van der Waals surface area contributed by atoms with Crippen molar-refractivity contribution in [2.75, 3.05) is 0 Å². The summed E-state index contributed by atoms with van der Waals surface area (Å²) in [5, 5.41) is -1.76. The van der Waals surface area contributed by atoms with E-state index in [0.29, 0.717) is 6.42 Å². The Bertz CT molecular complexity index is 593. The summed E-state index contributed by atoms with van der Waals surface area (Å²) in [5.74, 6) is -1.27. The summed E-state index contributed by atoms with van der Waals surface area (Å²) in [6, 6.07) is 0. The molecule has 0 N–H and O–H groups in total. The first-order valence-electron chi connectivity index (χ1n) is 8.78. The van der Waals surface area contributed by atoms with Gasteiger partial charge in [0.2, 0.25) is 0 Å². The van der Waals surface area contributed by atoms with Crippen molar-refractivity contribution in [3.63, 3.8) is 0 Å². The van der Waals surface area contributed by atoms with Gasteiger partial charge in [-0.15, -0.1) is 0 Å². The van der Waals surface area contributed by atoms with Gasteiger partial charge in [-0.25, -0.2) is 8.42 Å². The Morgan fingerprint density at radius 2 is 1.56 bits per heavy atom. The summed E-state index contributed by atoms with van der Waals surface area (Å²) in [5.41, 5.74) is -0.165. The molecule has 0 bridgehead atoms. The van der Waals surface area contributed by atoms with E-state index in [1.165, 1.54) is 44.3 Å². The van der Waals surface area contributed by atoms with Crippen LogP contribution in [-0.4, -0.2) is 29.8 Å². The maximum absolute atomic E-state index is 12.1. The second kappa shape index (κ2) is 13.0. The molecule has 0 radical (unpaired) electrons. The number of hydrogen-bond acceptors (Lipinski definition) is 5. The predicted octanol–water partition coefficient (Wildman–Crippen LogP) is 0.460. The van der Waals surface area contributed by atoms with Gasteiger partial charge >= 0.3 is 29.6 Å². The Labute approximate surface area is 173 Å². The van der Waals surface area contributed by atoms with Crippen LogP contribution in [0.25, 0.3) is 0 Å². The first-order chi connectivity index (χ1) is 11.4. The Morgan fingerprint density at radius 1 is 1.04 bits per heavy atom. The minimum absolute atomic E-state index is 0. The Morgan fingerprint density at radius 3 is 2.08 bits per heavy atom. The van der Waals surface area contributed by atoms with Gasteiger partial charge in [-0.1, -0.05) is 70.4 Å². The average Bonchev–Trinajstić information content (AvgIpc) is 2.52. The average molecular weight is 378 g/mol. The molecule has 0 amide bonds. The first-order valence-corrected chi connectivity index (χ1v) is 10.3. The maximum atomic E-state index is 12.1. The number of carbonyl (C=O) groups is 2. The van der Waals surface area contributed by atoms with E-state index in [1.54, 1.807) is 0 Å². The van der Waals surface area contributed by atoms with E-state index in [2.05, 4.69) is 6.92 Å². The second-order valence-electron chi connectivity index (χ2n) is 6.24. The molecule has 0 saturated heterocycles. The molecule has 1 aliphatic rings. The normalized spacial score (nSPS) is 17.1. The fourth-order valence-corrected chi connectivity index (χ4v) is 3.44. The zero-order valence-electron chi connectivity index (χ0n) is 15.3. The van der Waals surface area contributed by atoms with Crippen molar-refractivity contribution in [1.29, 1.82) is 0 Å². The van der Waals surface area contributed by atoms with E-state index in [-0.39, 0.29) is 47.3 Å². The zero-order chi connectivity index (χ0) is 18.0. The number of unbranched alkanes of at least 4 members (excludes halogenated alkanes) is 8. The van der Waals surface area contributed by atoms with E-state index >= 15 is 0 Å². The van der Waals surface area contributed by atoms with E-state index in [0.717, 1.165) is 25.3 Å². The molecule has 0 heterocycles. The molecule has 1 unspecified atom stereocenters. The van der Waals surface area contributed by atoms with Crippen LogP contribution in [0.1, 0.15) is 71.1 Å². The number of Topliss-reactive ketones (excluding diaryl/α,β-unsaturated/α-hetero) is 2. The molecule has 0 fully saturated rings. The van der Waals surface area contributed by atoms with Crippen molar-refractivity contribution >= 4 is 21.7 Å². The summed E-state index contributed by atoms with van der Waals surface area (Å²) in [6.07, 6.45) is 13.9. The van der Waals surface area contributed by atoms with Gasteiger partial charge in [0.05, 0.1) is 5.57 Å². The van der Waals surface area contributed by atoms with Gasteiger partial charge in [0.15, 0.2) is 11.6 Å². The van der Waals surface area contributed by atoms with Crippen LogP contribution in [-0.2, 0) is 19.7 Å². The second-order valence-corrected chi connectivity index (χ2v) is 7.74. The molecule has 0 aromatic carbocycles. The van der Waals surface area contributed by atoms with Crippen LogP contribution in [0.2, 0.25) is 0 Å². The molecule has 1 rings (SSSR count). The molecule has 0 saturated carbocycles. The molecule has 0 aliphatic heterocycles. The van der Waals surface area contributed by atoms with Gasteiger partial charge in [-0.3, -0.25) is 9.59 Å². The van der Waals surface area contributed by atoms with Gasteiger partial charge in [-0.05, 0) is 12.5 Å². The van der Waals surface area contributed by atoms with Crippen molar-refractivity contribution in [2.45, 2.75) is 76.4 Å². The molecule has 0 aromatic heterocycles. The van der Waals surface area contributed by atoms with E-state index in [9.17, 15) is 22.6 Å². The zero-order valence-corrected chi connectivity index (χ0v) is 18.1. The van der Waals surface area contributed by atoms with Crippen molar-refractivity contribution in [1.82, 2.24) is 0 Å². The van der Waals surface area contributed by atoms with Gasteiger partial charge in [0, 0.05) is 6.42 Å². The van der Waals surface area contributed by atoms with Gasteiger partial charge < -0.3 is 4.55 Å². The smallest absolute Gasteiger partial charge is 0.747 e. The summed E-state index contributed by atoms with van der Waals surface area (Å²) in [7, 11) is -4.76. The van der Waals surface area contributed by atoms with Crippen LogP contribution in [0.5, 0.6) is 0 Å². The first kappa shape index (κ1) is 24.7. The minimum Gasteiger partial charge on any atom is -0.747 e. The molecule has 1 aliphatic carbocycles. The van der Waals surface area contributed by atoms with Crippen molar-refractivity contribution in [3.05, 3.63) is 23.8 Å². The largest absolute Gasteiger partial charge is 1.00 e. The number of allylic oxidation sites excluding steroid dienone is 3. The Kier molecular flexibility index (Phi) is 12.8. The Balaban J connectivity index is 0.00000576. The van der Waals surface area contributed by atoms with Crippen LogP contribution in [0, 0.1) is 0 Å². The topological polar surface area (TPSA) is 91.3 Å². The fraction of sp³-hybridized carbons (Fsp3) is 0.667. The Hall–Kier alpha value is -0.270. The number of hydrogen-bond donors (Lipinski definition) is 0. The van der Waals surface area contributed by atoms with Crippen LogP contribution in [0.4, 0.5) is 0 Å². The maximum Gasteiger partial charge on any atom is 1.00 e. The van der Waals surface area contributed by atoms with Crippen molar-refractivity contribution in [2.24, 2.45) is 0 Å². The van der Waals surface area contributed by atoms with Gasteiger partial charge in [-0.2, -0.15) is 0 Å². The molecule has 1 atom stereocenters. The third-order valence-electron chi connectivity index (χ3n) is 4.19. The quantitative estimate of drug-likeness (QED) is 0.213. The van der Waals surface area contributed by atoms with Gasteiger partial charge in [0.25, 0.3) is 0 Å².